The van der Waals surface area contributed by atoms with E-state index in [1.807, 2.05) is 20.0 Å². The molecule has 1 aromatic carbocycles. The van der Waals surface area contributed by atoms with Crippen molar-refractivity contribution in [3.05, 3.63) is 35.1 Å². The second-order valence-electron chi connectivity index (χ2n) is 5.51. The molecule has 0 aromatic heterocycles. The van der Waals surface area contributed by atoms with Crippen molar-refractivity contribution in [1.82, 2.24) is 5.32 Å². The summed E-state index contributed by atoms with van der Waals surface area (Å²) in [5.74, 6) is 0.574. The summed E-state index contributed by atoms with van der Waals surface area (Å²) in [7, 11) is 2.04. The van der Waals surface area contributed by atoms with E-state index in [0.717, 1.165) is 12.0 Å². The van der Waals surface area contributed by atoms with E-state index in [0.29, 0.717) is 12.0 Å². The first-order chi connectivity index (χ1) is 9.12. The normalized spacial score (nSPS) is 12.9. The van der Waals surface area contributed by atoms with Crippen molar-refractivity contribution in [3.63, 3.8) is 0 Å². The third-order valence-electron chi connectivity index (χ3n) is 4.00. The Bertz CT molecular complexity index is 370. The lowest BCUT2D eigenvalue weighted by molar-refractivity contribution is 0.322. The summed E-state index contributed by atoms with van der Waals surface area (Å²) >= 11 is 0. The topological polar surface area (TPSA) is 12.0 Å². The summed E-state index contributed by atoms with van der Waals surface area (Å²) in [5.41, 5.74) is 2.32. The van der Waals surface area contributed by atoms with Gasteiger partial charge in [0.2, 0.25) is 0 Å². The molecule has 1 atom stereocenters. The molecule has 1 aromatic rings. The van der Waals surface area contributed by atoms with Gasteiger partial charge >= 0.3 is 0 Å². The van der Waals surface area contributed by atoms with E-state index in [1.165, 1.54) is 31.2 Å². The molecule has 0 aliphatic carbocycles. The quantitative estimate of drug-likeness (QED) is 0.730. The van der Waals surface area contributed by atoms with Gasteiger partial charge in [-0.1, -0.05) is 32.8 Å². The van der Waals surface area contributed by atoms with Crippen LogP contribution in [-0.2, 0) is 6.42 Å². The zero-order valence-corrected chi connectivity index (χ0v) is 12.8. The molecule has 1 nitrogen and oxygen atoms in total. The lowest BCUT2D eigenvalue weighted by Crippen LogP contribution is -2.35. The monoisotopic (exact) mass is 265 g/mol. The molecular formula is C17H28FN. The highest BCUT2D eigenvalue weighted by atomic mass is 19.1. The SMILES string of the molecule is CCCC(CCC)C(Cc1ccc(F)cc1C)NC. The minimum Gasteiger partial charge on any atom is -0.316 e. The second kappa shape index (κ2) is 8.31. The van der Waals surface area contributed by atoms with E-state index in [1.54, 1.807) is 12.1 Å². The molecule has 0 saturated carbocycles. The van der Waals surface area contributed by atoms with Gasteiger partial charge in [0.25, 0.3) is 0 Å². The number of hydrogen-bond donors (Lipinski definition) is 1. The molecule has 0 spiro atoms. The van der Waals surface area contributed by atoms with Crippen LogP contribution in [0.2, 0.25) is 0 Å². The number of hydrogen-bond acceptors (Lipinski definition) is 1. The third-order valence-corrected chi connectivity index (χ3v) is 4.00. The molecule has 1 unspecified atom stereocenters. The number of aryl methyl sites for hydroxylation is 1. The van der Waals surface area contributed by atoms with Gasteiger partial charge in [0.1, 0.15) is 5.82 Å². The second-order valence-corrected chi connectivity index (χ2v) is 5.51. The fraction of sp³-hybridized carbons (Fsp3) is 0.647. The van der Waals surface area contributed by atoms with Gasteiger partial charge in [-0.15, -0.1) is 0 Å². The van der Waals surface area contributed by atoms with E-state index in [2.05, 4.69) is 19.2 Å². The Labute approximate surface area is 117 Å². The standard InChI is InChI=1S/C17H28FN/c1-5-7-14(8-6-2)17(19-4)12-15-9-10-16(18)11-13(15)3/h9-11,14,17,19H,5-8,12H2,1-4H3. The van der Waals surface area contributed by atoms with Gasteiger partial charge in [-0.3, -0.25) is 0 Å². The zero-order valence-electron chi connectivity index (χ0n) is 12.8. The summed E-state index contributed by atoms with van der Waals surface area (Å²) in [4.78, 5) is 0. The molecule has 0 amide bonds. The Morgan fingerprint density at radius 3 is 2.26 bits per heavy atom. The molecule has 0 radical (unpaired) electrons. The summed E-state index contributed by atoms with van der Waals surface area (Å²) in [6.07, 6.45) is 5.98. The number of halogens is 1. The third kappa shape index (κ3) is 4.94. The first-order valence-electron chi connectivity index (χ1n) is 7.54. The van der Waals surface area contributed by atoms with Gasteiger partial charge in [-0.05, 0) is 62.4 Å². The van der Waals surface area contributed by atoms with Gasteiger partial charge < -0.3 is 5.32 Å². The summed E-state index contributed by atoms with van der Waals surface area (Å²) < 4.78 is 13.2. The fourth-order valence-corrected chi connectivity index (χ4v) is 2.92. The molecule has 0 bridgehead atoms. The van der Waals surface area contributed by atoms with Crippen LogP contribution in [0.5, 0.6) is 0 Å². The van der Waals surface area contributed by atoms with Crippen molar-refractivity contribution in [2.24, 2.45) is 5.92 Å². The first kappa shape index (κ1) is 16.2. The lowest BCUT2D eigenvalue weighted by atomic mass is 9.86. The van der Waals surface area contributed by atoms with Crippen molar-refractivity contribution in [2.75, 3.05) is 7.05 Å². The van der Waals surface area contributed by atoms with Crippen LogP contribution in [0.1, 0.15) is 50.7 Å². The highest BCUT2D eigenvalue weighted by Gasteiger charge is 2.19. The van der Waals surface area contributed by atoms with Gasteiger partial charge in [-0.2, -0.15) is 0 Å². The molecule has 1 N–H and O–H groups in total. The van der Waals surface area contributed by atoms with Gasteiger partial charge in [0.05, 0.1) is 0 Å². The Balaban J connectivity index is 2.78. The van der Waals surface area contributed by atoms with E-state index >= 15 is 0 Å². The number of benzene rings is 1. The van der Waals surface area contributed by atoms with Gasteiger partial charge in [-0.25, -0.2) is 4.39 Å². The van der Waals surface area contributed by atoms with Crippen LogP contribution in [0.3, 0.4) is 0 Å². The molecule has 2 heteroatoms. The average Bonchev–Trinajstić information content (AvgIpc) is 2.38. The van der Waals surface area contributed by atoms with E-state index in [4.69, 9.17) is 0 Å². The number of nitrogens with one attached hydrogen (secondary N) is 1. The van der Waals surface area contributed by atoms with E-state index in [-0.39, 0.29) is 5.82 Å². The van der Waals surface area contributed by atoms with Crippen LogP contribution in [0, 0.1) is 18.7 Å². The Morgan fingerprint density at radius 2 is 1.79 bits per heavy atom. The molecule has 0 saturated heterocycles. The number of likely N-dealkylation sites (N-methyl/N-ethyl adjacent to an activating group) is 1. The number of rotatable bonds is 8. The van der Waals surface area contributed by atoms with Crippen molar-refractivity contribution < 1.29 is 4.39 Å². The van der Waals surface area contributed by atoms with Crippen molar-refractivity contribution in [1.29, 1.82) is 0 Å². The van der Waals surface area contributed by atoms with Crippen LogP contribution in [-0.4, -0.2) is 13.1 Å². The smallest absolute Gasteiger partial charge is 0.123 e. The molecular weight excluding hydrogens is 237 g/mol. The van der Waals surface area contributed by atoms with E-state index < -0.39 is 0 Å². The molecule has 0 aliphatic rings. The fourth-order valence-electron chi connectivity index (χ4n) is 2.92. The maximum absolute atomic E-state index is 13.2. The first-order valence-corrected chi connectivity index (χ1v) is 7.54. The van der Waals surface area contributed by atoms with Crippen LogP contribution in [0.25, 0.3) is 0 Å². The predicted molar refractivity (Wildman–Crippen MR) is 81.0 cm³/mol. The maximum Gasteiger partial charge on any atom is 0.123 e. The molecule has 0 heterocycles. The van der Waals surface area contributed by atoms with Gasteiger partial charge in [0.15, 0.2) is 0 Å². The molecule has 0 fully saturated rings. The zero-order chi connectivity index (χ0) is 14.3. The van der Waals surface area contributed by atoms with Crippen LogP contribution >= 0.6 is 0 Å². The highest BCUT2D eigenvalue weighted by molar-refractivity contribution is 5.27. The maximum atomic E-state index is 13.2. The largest absolute Gasteiger partial charge is 0.316 e. The molecule has 108 valence electrons. The average molecular weight is 265 g/mol. The summed E-state index contributed by atoms with van der Waals surface area (Å²) in [6, 6.07) is 5.63. The lowest BCUT2D eigenvalue weighted by Gasteiger charge is -2.27. The molecule has 0 aliphatic heterocycles. The van der Waals surface area contributed by atoms with Crippen LogP contribution < -0.4 is 5.32 Å². The Kier molecular flexibility index (Phi) is 7.07. The van der Waals surface area contributed by atoms with Crippen molar-refractivity contribution in [2.45, 2.75) is 58.9 Å². The minimum atomic E-state index is -0.138. The van der Waals surface area contributed by atoms with Crippen LogP contribution in [0.15, 0.2) is 18.2 Å². The van der Waals surface area contributed by atoms with Crippen molar-refractivity contribution in [3.8, 4) is 0 Å². The van der Waals surface area contributed by atoms with E-state index in [9.17, 15) is 4.39 Å². The summed E-state index contributed by atoms with van der Waals surface area (Å²) in [6.45, 7) is 6.50. The summed E-state index contributed by atoms with van der Waals surface area (Å²) in [5, 5.41) is 3.47. The minimum absolute atomic E-state index is 0.138. The van der Waals surface area contributed by atoms with Crippen LogP contribution in [0.4, 0.5) is 4.39 Å². The van der Waals surface area contributed by atoms with Gasteiger partial charge in [0, 0.05) is 6.04 Å². The highest BCUT2D eigenvalue weighted by Crippen LogP contribution is 2.22. The Morgan fingerprint density at radius 1 is 1.16 bits per heavy atom. The predicted octanol–water partition coefficient (Wildman–Crippen LogP) is 4.48. The molecule has 1 rings (SSSR count). The van der Waals surface area contributed by atoms with Crippen molar-refractivity contribution >= 4 is 0 Å². The Hall–Kier alpha value is -0.890. The molecule has 19 heavy (non-hydrogen) atoms.